The van der Waals surface area contributed by atoms with E-state index < -0.39 is 19.5 Å². The smallest absolute Gasteiger partial charge is 0.429 e. The third-order valence-electron chi connectivity index (χ3n) is 2.63. The monoisotopic (exact) mass is 404 g/mol. The summed E-state index contributed by atoms with van der Waals surface area (Å²) in [6.07, 6.45) is 0. The summed E-state index contributed by atoms with van der Waals surface area (Å²) in [6, 6.07) is 6.10. The van der Waals surface area contributed by atoms with E-state index in [1.54, 1.807) is 13.8 Å². The van der Waals surface area contributed by atoms with E-state index in [0.717, 1.165) is 22.7 Å². The molecular weight excluding hydrogens is 387 g/mol. The Labute approximate surface area is 153 Å². The van der Waals surface area contributed by atoms with Crippen LogP contribution in [0.15, 0.2) is 24.3 Å². The first-order valence-corrected chi connectivity index (χ1v) is 11.0. The van der Waals surface area contributed by atoms with E-state index in [-0.39, 0.29) is 23.3 Å². The predicted molar refractivity (Wildman–Crippen MR) is 95.3 cm³/mol. The lowest BCUT2D eigenvalue weighted by molar-refractivity contribution is 0.0522. The number of esters is 2. The normalized spacial score (nSPS) is 11.0. The summed E-state index contributed by atoms with van der Waals surface area (Å²) in [5.41, 5.74) is 0. The summed E-state index contributed by atoms with van der Waals surface area (Å²) < 4.78 is 33.0. The number of carbonyl (C=O) groups excluding carboxylic acids is 2. The van der Waals surface area contributed by atoms with Gasteiger partial charge in [0.2, 0.25) is 0 Å². The van der Waals surface area contributed by atoms with Gasteiger partial charge in [-0.3, -0.25) is 0 Å². The number of hydrogen-bond donors (Lipinski definition) is 0. The lowest BCUT2D eigenvalue weighted by Gasteiger charge is -2.13. The van der Waals surface area contributed by atoms with Crippen LogP contribution in [-0.4, -0.2) is 31.8 Å². The molecular formula is C15H17O7PS2. The molecule has 0 N–H and O–H groups in total. The van der Waals surface area contributed by atoms with E-state index in [1.807, 2.05) is 0 Å². The Morgan fingerprint density at radius 1 is 0.880 bits per heavy atom. The van der Waals surface area contributed by atoms with E-state index in [1.165, 1.54) is 30.9 Å². The van der Waals surface area contributed by atoms with Gasteiger partial charge in [0.1, 0.15) is 9.75 Å². The van der Waals surface area contributed by atoms with Crippen LogP contribution in [0.2, 0.25) is 0 Å². The topological polar surface area (TPSA) is 88.1 Å². The quantitative estimate of drug-likeness (QED) is 0.475. The molecule has 0 aliphatic heterocycles. The van der Waals surface area contributed by atoms with Crippen LogP contribution < -0.4 is 9.05 Å². The van der Waals surface area contributed by atoms with Gasteiger partial charge in [-0.15, -0.1) is 0 Å². The molecule has 0 saturated heterocycles. The summed E-state index contributed by atoms with van der Waals surface area (Å²) in [5.74, 6) is -0.932. The van der Waals surface area contributed by atoms with Gasteiger partial charge in [0.25, 0.3) is 0 Å². The van der Waals surface area contributed by atoms with Gasteiger partial charge in [-0.05, 0) is 38.1 Å². The van der Waals surface area contributed by atoms with Crippen LogP contribution in [0.3, 0.4) is 0 Å². The third kappa shape index (κ3) is 5.59. The molecule has 0 aliphatic rings. The maximum atomic E-state index is 12.5. The molecule has 0 radical (unpaired) electrons. The Balaban J connectivity index is 2.01. The SMILES string of the molecule is CCOC(=O)c1ccc(OP(C)(=O)Oc2ccc(C(=O)OCC)s2)s1. The zero-order valence-corrected chi connectivity index (χ0v) is 16.4. The van der Waals surface area contributed by atoms with Crippen LogP contribution in [0.5, 0.6) is 10.1 Å². The molecule has 10 heteroatoms. The summed E-state index contributed by atoms with van der Waals surface area (Å²) in [4.78, 5) is 23.9. The molecule has 0 aliphatic carbocycles. The lowest BCUT2D eigenvalue weighted by Crippen LogP contribution is -2.01. The highest BCUT2D eigenvalue weighted by Gasteiger charge is 2.24. The van der Waals surface area contributed by atoms with Crippen LogP contribution >= 0.6 is 30.3 Å². The Morgan fingerprint density at radius 2 is 1.28 bits per heavy atom. The third-order valence-corrected chi connectivity index (χ3v) is 5.82. The van der Waals surface area contributed by atoms with Gasteiger partial charge in [0, 0.05) is 0 Å². The second kappa shape index (κ2) is 8.51. The molecule has 0 unspecified atom stereocenters. The minimum absolute atomic E-state index is 0.267. The first-order valence-electron chi connectivity index (χ1n) is 7.35. The Kier molecular flexibility index (Phi) is 6.64. The zero-order chi connectivity index (χ0) is 18.4. The van der Waals surface area contributed by atoms with Crippen molar-refractivity contribution in [2.75, 3.05) is 19.9 Å². The van der Waals surface area contributed by atoms with Crippen molar-refractivity contribution in [2.45, 2.75) is 13.8 Å². The van der Waals surface area contributed by atoms with Crippen LogP contribution in [0.4, 0.5) is 0 Å². The largest absolute Gasteiger partial charge is 0.462 e. The molecule has 136 valence electrons. The van der Waals surface area contributed by atoms with Gasteiger partial charge < -0.3 is 18.5 Å². The first-order chi connectivity index (χ1) is 11.8. The highest BCUT2D eigenvalue weighted by molar-refractivity contribution is 7.54. The fraction of sp³-hybridized carbons (Fsp3) is 0.333. The highest BCUT2D eigenvalue weighted by atomic mass is 32.1. The van der Waals surface area contributed by atoms with E-state index >= 15 is 0 Å². The van der Waals surface area contributed by atoms with E-state index in [9.17, 15) is 14.2 Å². The van der Waals surface area contributed by atoms with E-state index in [0.29, 0.717) is 9.75 Å². The van der Waals surface area contributed by atoms with Gasteiger partial charge in [-0.1, -0.05) is 22.7 Å². The van der Waals surface area contributed by atoms with Crippen molar-refractivity contribution >= 4 is 42.2 Å². The first kappa shape index (κ1) is 19.5. The summed E-state index contributed by atoms with van der Waals surface area (Å²) in [6.45, 7) is 5.26. The standard InChI is InChI=1S/C15H17O7PS2/c1-4-19-14(16)10-6-8-12(24-10)21-23(3,18)22-13-9-7-11(25-13)15(17)20-5-2/h6-9H,4-5H2,1-3H3. The van der Waals surface area contributed by atoms with Crippen LogP contribution in [0.1, 0.15) is 33.2 Å². The second-order valence-electron chi connectivity index (χ2n) is 4.63. The zero-order valence-electron chi connectivity index (χ0n) is 13.8. The fourth-order valence-electron chi connectivity index (χ4n) is 1.71. The van der Waals surface area contributed by atoms with Crippen LogP contribution in [0, 0.1) is 0 Å². The lowest BCUT2D eigenvalue weighted by atomic mass is 10.5. The van der Waals surface area contributed by atoms with E-state index in [2.05, 4.69) is 0 Å². The number of rotatable bonds is 8. The van der Waals surface area contributed by atoms with Crippen molar-refractivity contribution < 1.29 is 32.7 Å². The molecule has 0 aromatic carbocycles. The molecule has 0 atom stereocenters. The molecule has 2 heterocycles. The average molecular weight is 404 g/mol. The van der Waals surface area contributed by atoms with Crippen LogP contribution in [-0.2, 0) is 14.0 Å². The van der Waals surface area contributed by atoms with Crippen molar-refractivity contribution in [1.29, 1.82) is 0 Å². The van der Waals surface area contributed by atoms with Crippen molar-refractivity contribution in [3.05, 3.63) is 34.0 Å². The number of carbonyl (C=O) groups is 2. The second-order valence-corrected chi connectivity index (χ2v) is 8.63. The molecule has 2 rings (SSSR count). The predicted octanol–water partition coefficient (Wildman–Crippen LogP) is 4.44. The van der Waals surface area contributed by atoms with Crippen molar-refractivity contribution in [1.82, 2.24) is 0 Å². The molecule has 0 saturated carbocycles. The summed E-state index contributed by atoms with van der Waals surface area (Å²) in [7, 11) is -3.48. The van der Waals surface area contributed by atoms with Gasteiger partial charge in [0.05, 0.1) is 19.9 Å². The van der Waals surface area contributed by atoms with Gasteiger partial charge in [-0.25, -0.2) is 14.2 Å². The molecule has 25 heavy (non-hydrogen) atoms. The summed E-state index contributed by atoms with van der Waals surface area (Å²) >= 11 is 2.03. The van der Waals surface area contributed by atoms with Crippen molar-refractivity contribution in [2.24, 2.45) is 0 Å². The number of thiophene rings is 2. The maximum Gasteiger partial charge on any atom is 0.429 e. The molecule has 7 nitrogen and oxygen atoms in total. The molecule has 0 spiro atoms. The number of hydrogen-bond acceptors (Lipinski definition) is 9. The highest BCUT2D eigenvalue weighted by Crippen LogP contribution is 2.48. The molecule has 2 aromatic heterocycles. The fourth-order valence-corrected chi connectivity index (χ4v) is 4.89. The summed E-state index contributed by atoms with van der Waals surface area (Å²) in [5, 5.41) is 0.548. The average Bonchev–Trinajstić information content (AvgIpc) is 3.16. The molecule has 0 fully saturated rings. The number of ether oxygens (including phenoxy) is 2. The van der Waals surface area contributed by atoms with Crippen LogP contribution in [0.25, 0.3) is 0 Å². The molecule has 0 bridgehead atoms. The van der Waals surface area contributed by atoms with Crippen molar-refractivity contribution in [3.63, 3.8) is 0 Å². The molecule has 2 aromatic rings. The Bertz CT molecular complexity index is 733. The van der Waals surface area contributed by atoms with E-state index in [4.69, 9.17) is 18.5 Å². The van der Waals surface area contributed by atoms with Gasteiger partial charge in [0.15, 0.2) is 10.1 Å². The van der Waals surface area contributed by atoms with Crippen molar-refractivity contribution in [3.8, 4) is 10.1 Å². The minimum Gasteiger partial charge on any atom is -0.462 e. The Morgan fingerprint density at radius 3 is 1.64 bits per heavy atom. The molecule has 0 amide bonds. The van der Waals surface area contributed by atoms with Gasteiger partial charge in [-0.2, -0.15) is 0 Å². The Hall–Kier alpha value is -1.83. The minimum atomic E-state index is -3.48. The van der Waals surface area contributed by atoms with Gasteiger partial charge >= 0.3 is 19.5 Å². The maximum absolute atomic E-state index is 12.5.